The van der Waals surface area contributed by atoms with Gasteiger partial charge in [0, 0.05) is 12.5 Å². The number of alkyl halides is 3. The second-order valence-electron chi connectivity index (χ2n) is 7.68. The van der Waals surface area contributed by atoms with Gasteiger partial charge < -0.3 is 10.6 Å². The van der Waals surface area contributed by atoms with Gasteiger partial charge in [-0.3, -0.25) is 9.59 Å². The fourth-order valence-corrected chi connectivity index (χ4v) is 3.31. The van der Waals surface area contributed by atoms with Gasteiger partial charge in [0.25, 0.3) is 5.91 Å². The molecule has 1 aliphatic rings. The molecule has 3 rings (SSSR count). The zero-order chi connectivity index (χ0) is 23.6. The summed E-state index contributed by atoms with van der Waals surface area (Å²) in [6.07, 6.45) is -5.54. The van der Waals surface area contributed by atoms with Crippen molar-refractivity contribution in [3.63, 3.8) is 0 Å². The number of hydrazone groups is 1. The minimum absolute atomic E-state index is 0.166. The van der Waals surface area contributed by atoms with E-state index >= 15 is 0 Å². The Morgan fingerprint density at radius 3 is 2.44 bits per heavy atom. The molecule has 2 aromatic rings. The average Bonchev–Trinajstić information content (AvgIpc) is 3.15. The molecule has 0 aliphatic carbocycles. The third kappa shape index (κ3) is 4.90. The zero-order valence-corrected chi connectivity index (χ0v) is 17.6. The van der Waals surface area contributed by atoms with Crippen LogP contribution in [0.1, 0.15) is 36.2 Å². The van der Waals surface area contributed by atoms with Crippen LogP contribution < -0.4 is 15.6 Å². The molecule has 2 N–H and O–H groups in total. The molecule has 0 spiro atoms. The predicted molar refractivity (Wildman–Crippen MR) is 113 cm³/mol. The van der Waals surface area contributed by atoms with E-state index in [0.717, 1.165) is 11.1 Å². The lowest BCUT2D eigenvalue weighted by Gasteiger charge is -2.24. The molecule has 0 aromatic heterocycles. The number of hydrogen-bond acceptors (Lipinski definition) is 4. The van der Waals surface area contributed by atoms with Crippen LogP contribution in [0.25, 0.3) is 0 Å². The number of carbonyl (C=O) groups is 2. The highest BCUT2D eigenvalue weighted by Gasteiger charge is 2.46. The van der Waals surface area contributed by atoms with Crippen molar-refractivity contribution in [2.45, 2.75) is 45.5 Å². The highest BCUT2D eigenvalue weighted by Crippen LogP contribution is 2.33. The van der Waals surface area contributed by atoms with Crippen molar-refractivity contribution in [2.75, 3.05) is 10.3 Å². The Bertz CT molecular complexity index is 1070. The molecule has 0 saturated heterocycles. The van der Waals surface area contributed by atoms with E-state index in [1.54, 1.807) is 32.9 Å². The first-order valence-electron chi connectivity index (χ1n) is 9.88. The predicted octanol–water partition coefficient (Wildman–Crippen LogP) is 4.41. The summed E-state index contributed by atoms with van der Waals surface area (Å²) in [5.74, 6) is -2.10. The first-order valence-corrected chi connectivity index (χ1v) is 9.88. The second-order valence-corrected chi connectivity index (χ2v) is 7.68. The molecule has 6 nitrogen and oxygen atoms in total. The third-order valence-electron chi connectivity index (χ3n) is 4.82. The SMILES string of the molecule is Cc1cccc(C(=O)NC(C)C)c1NC(=O)C1CC(C(F)(F)F)=NN1c1ccccc1F. The van der Waals surface area contributed by atoms with Gasteiger partial charge in [0.2, 0.25) is 5.91 Å². The number of benzene rings is 2. The standard InChI is InChI=1S/C22H22F4N4O2/c1-12(2)27-20(31)14-8-6-7-13(3)19(14)28-21(32)17-11-18(22(24,25)26)29-30(17)16-10-5-4-9-15(16)23/h4-10,12,17H,11H2,1-3H3,(H,27,31)(H,28,32). The Labute approximate surface area is 182 Å². The van der Waals surface area contributed by atoms with Crippen molar-refractivity contribution < 1.29 is 27.2 Å². The quantitative estimate of drug-likeness (QED) is 0.663. The van der Waals surface area contributed by atoms with E-state index in [1.807, 2.05) is 0 Å². The topological polar surface area (TPSA) is 73.8 Å². The summed E-state index contributed by atoms with van der Waals surface area (Å²) in [6, 6.07) is 8.30. The first kappa shape index (κ1) is 23.2. The van der Waals surface area contributed by atoms with Gasteiger partial charge in [-0.2, -0.15) is 18.3 Å². The Balaban J connectivity index is 1.95. The van der Waals surface area contributed by atoms with Crippen LogP contribution in [-0.4, -0.2) is 35.8 Å². The monoisotopic (exact) mass is 450 g/mol. The van der Waals surface area contributed by atoms with Crippen LogP contribution in [0.15, 0.2) is 47.6 Å². The first-order chi connectivity index (χ1) is 15.0. The van der Waals surface area contributed by atoms with E-state index in [2.05, 4.69) is 15.7 Å². The number of rotatable bonds is 5. The second kappa shape index (κ2) is 8.97. The molecule has 1 unspecified atom stereocenters. The molecule has 0 fully saturated rings. The maximum absolute atomic E-state index is 14.3. The molecule has 0 bridgehead atoms. The number of aryl methyl sites for hydroxylation is 1. The van der Waals surface area contributed by atoms with Crippen LogP contribution in [-0.2, 0) is 4.79 Å². The van der Waals surface area contributed by atoms with E-state index in [-0.39, 0.29) is 23.0 Å². The smallest absolute Gasteiger partial charge is 0.350 e. The van der Waals surface area contributed by atoms with Crippen LogP contribution in [0.2, 0.25) is 0 Å². The van der Waals surface area contributed by atoms with Crippen molar-refractivity contribution in [3.05, 3.63) is 59.4 Å². The molecular formula is C22H22F4N4O2. The molecule has 32 heavy (non-hydrogen) atoms. The number of amides is 2. The Kier molecular flexibility index (Phi) is 6.52. The summed E-state index contributed by atoms with van der Waals surface area (Å²) in [4.78, 5) is 25.6. The third-order valence-corrected chi connectivity index (χ3v) is 4.82. The van der Waals surface area contributed by atoms with Gasteiger partial charge in [0.1, 0.15) is 17.6 Å². The van der Waals surface area contributed by atoms with Crippen LogP contribution in [0, 0.1) is 12.7 Å². The van der Waals surface area contributed by atoms with Crippen molar-refractivity contribution in [3.8, 4) is 0 Å². The minimum Gasteiger partial charge on any atom is -0.350 e. The highest BCUT2D eigenvalue weighted by molar-refractivity contribution is 6.09. The zero-order valence-electron chi connectivity index (χ0n) is 17.6. The van der Waals surface area contributed by atoms with Crippen LogP contribution in [0.5, 0.6) is 0 Å². The number of hydrogen-bond donors (Lipinski definition) is 2. The lowest BCUT2D eigenvalue weighted by Crippen LogP contribution is -2.40. The fraction of sp³-hybridized carbons (Fsp3) is 0.318. The van der Waals surface area contributed by atoms with E-state index in [0.29, 0.717) is 5.56 Å². The Morgan fingerprint density at radius 2 is 1.81 bits per heavy atom. The largest absolute Gasteiger partial charge is 0.431 e. The maximum atomic E-state index is 14.3. The minimum atomic E-state index is -4.77. The lowest BCUT2D eigenvalue weighted by atomic mass is 10.0. The molecule has 10 heteroatoms. The highest BCUT2D eigenvalue weighted by atomic mass is 19.4. The molecule has 1 aliphatic heterocycles. The van der Waals surface area contributed by atoms with Gasteiger partial charge in [-0.1, -0.05) is 24.3 Å². The molecule has 1 heterocycles. The normalized spacial score (nSPS) is 16.2. The maximum Gasteiger partial charge on any atom is 0.431 e. The molecule has 2 aromatic carbocycles. The van der Waals surface area contributed by atoms with E-state index in [1.165, 1.54) is 24.3 Å². The molecule has 1 atom stereocenters. The van der Waals surface area contributed by atoms with Crippen LogP contribution in [0.3, 0.4) is 0 Å². The Hall–Kier alpha value is -3.43. The van der Waals surface area contributed by atoms with Gasteiger partial charge in [-0.25, -0.2) is 9.40 Å². The van der Waals surface area contributed by atoms with Gasteiger partial charge >= 0.3 is 6.18 Å². The molecular weight excluding hydrogens is 428 g/mol. The van der Waals surface area contributed by atoms with Gasteiger partial charge in [0.15, 0.2) is 0 Å². The Morgan fingerprint density at radius 1 is 1.12 bits per heavy atom. The summed E-state index contributed by atoms with van der Waals surface area (Å²) in [6.45, 7) is 5.20. The molecule has 170 valence electrons. The van der Waals surface area contributed by atoms with E-state index in [9.17, 15) is 27.2 Å². The molecule has 2 amide bonds. The number of carbonyl (C=O) groups excluding carboxylic acids is 2. The average molecular weight is 450 g/mol. The number of para-hydroxylation sites is 2. The number of nitrogens with zero attached hydrogens (tertiary/aromatic N) is 2. The lowest BCUT2D eigenvalue weighted by molar-refractivity contribution is -0.117. The summed E-state index contributed by atoms with van der Waals surface area (Å²) < 4.78 is 54.3. The van der Waals surface area contributed by atoms with Gasteiger partial charge in [-0.05, 0) is 44.5 Å². The number of nitrogens with one attached hydrogen (secondary N) is 2. The summed E-state index contributed by atoms with van der Waals surface area (Å²) in [7, 11) is 0. The van der Waals surface area contributed by atoms with Crippen molar-refractivity contribution >= 4 is 28.9 Å². The van der Waals surface area contributed by atoms with Crippen molar-refractivity contribution in [2.24, 2.45) is 5.10 Å². The van der Waals surface area contributed by atoms with Crippen LogP contribution >= 0.6 is 0 Å². The summed E-state index contributed by atoms with van der Waals surface area (Å²) in [5.41, 5.74) is -0.566. The van der Waals surface area contributed by atoms with Crippen molar-refractivity contribution in [1.82, 2.24) is 5.32 Å². The summed E-state index contributed by atoms with van der Waals surface area (Å²) >= 11 is 0. The van der Waals surface area contributed by atoms with Crippen molar-refractivity contribution in [1.29, 1.82) is 0 Å². The van der Waals surface area contributed by atoms with Gasteiger partial charge in [-0.15, -0.1) is 0 Å². The fourth-order valence-electron chi connectivity index (χ4n) is 3.31. The number of anilines is 2. The van der Waals surface area contributed by atoms with E-state index in [4.69, 9.17) is 0 Å². The van der Waals surface area contributed by atoms with Gasteiger partial charge in [0.05, 0.1) is 16.9 Å². The van der Waals surface area contributed by atoms with Crippen LogP contribution in [0.4, 0.5) is 28.9 Å². The number of halogens is 4. The molecule has 0 radical (unpaired) electrons. The molecule has 0 saturated carbocycles. The summed E-state index contributed by atoms with van der Waals surface area (Å²) in [5, 5.41) is 9.51. The van der Waals surface area contributed by atoms with E-state index < -0.39 is 42.0 Å².